The summed E-state index contributed by atoms with van der Waals surface area (Å²) in [7, 11) is -5.05. The molecule has 338 valence electrons. The number of methoxy groups -OCH3 is 3. The van der Waals surface area contributed by atoms with Gasteiger partial charge in [-0.15, -0.1) is 10.2 Å². The quantitative estimate of drug-likeness (QED) is 0.0948. The summed E-state index contributed by atoms with van der Waals surface area (Å²) in [5, 5.41) is 15.9. The van der Waals surface area contributed by atoms with Crippen molar-refractivity contribution < 1.29 is 40.6 Å². The topological polar surface area (TPSA) is 232 Å². The third-order valence-corrected chi connectivity index (χ3v) is 13.1. The molecule has 0 fully saturated rings. The summed E-state index contributed by atoms with van der Waals surface area (Å²) < 4.78 is 86.1. The Morgan fingerprint density at radius 2 is 1.33 bits per heavy atom. The molecule has 0 aliphatic rings. The summed E-state index contributed by atoms with van der Waals surface area (Å²) in [6.07, 6.45) is 0.678. The Morgan fingerprint density at radius 1 is 0.781 bits per heavy atom. The third kappa shape index (κ3) is 11.7. The van der Waals surface area contributed by atoms with Gasteiger partial charge >= 0.3 is 6.09 Å². The van der Waals surface area contributed by atoms with Gasteiger partial charge in [-0.3, -0.25) is 0 Å². The van der Waals surface area contributed by atoms with Crippen LogP contribution in [-0.2, 0) is 44.4 Å². The smallest absolute Gasteiger partial charge is 0.407 e. The van der Waals surface area contributed by atoms with Gasteiger partial charge < -0.3 is 30.0 Å². The molecular formula is C44H51N9O9S2. The maximum absolute atomic E-state index is 15.8. The van der Waals surface area contributed by atoms with Crippen molar-refractivity contribution in [2.24, 2.45) is 0 Å². The number of aromatic nitrogens is 5. The highest BCUT2D eigenvalue weighted by atomic mass is 32.2. The number of rotatable bonds is 18. The second-order valence-corrected chi connectivity index (χ2v) is 19.3. The van der Waals surface area contributed by atoms with Gasteiger partial charge in [0.1, 0.15) is 38.5 Å². The van der Waals surface area contributed by atoms with Crippen LogP contribution in [-0.4, -0.2) is 91.9 Å². The fourth-order valence-corrected chi connectivity index (χ4v) is 10.0. The summed E-state index contributed by atoms with van der Waals surface area (Å²) in [6.45, 7) is 6.05. The van der Waals surface area contributed by atoms with Crippen molar-refractivity contribution in [3.8, 4) is 39.8 Å². The van der Waals surface area contributed by atoms with E-state index in [0.717, 1.165) is 5.56 Å². The number of ether oxygens (including phenoxy) is 4. The van der Waals surface area contributed by atoms with E-state index >= 15 is 8.42 Å². The molecule has 0 unspecified atom stereocenters. The number of nitrogen functional groups attached to an aromatic ring is 1. The van der Waals surface area contributed by atoms with E-state index in [1.165, 1.54) is 47.7 Å². The van der Waals surface area contributed by atoms with E-state index in [4.69, 9.17) is 24.7 Å². The van der Waals surface area contributed by atoms with E-state index in [1.54, 1.807) is 102 Å². The lowest BCUT2D eigenvalue weighted by Crippen LogP contribution is -2.44. The molecule has 18 nitrogen and oxygen atoms in total. The molecule has 2 aromatic heterocycles. The predicted octanol–water partition coefficient (Wildman–Crippen LogP) is 5.64. The van der Waals surface area contributed by atoms with Crippen LogP contribution in [0.25, 0.3) is 22.5 Å². The van der Waals surface area contributed by atoms with E-state index in [0.29, 0.717) is 33.9 Å². The predicted molar refractivity (Wildman–Crippen MR) is 239 cm³/mol. The van der Waals surface area contributed by atoms with Crippen molar-refractivity contribution in [2.45, 2.75) is 68.8 Å². The number of hydrogen-bond acceptors (Lipinski definition) is 14. The van der Waals surface area contributed by atoms with E-state index in [2.05, 4.69) is 30.4 Å². The first-order valence-electron chi connectivity index (χ1n) is 19.9. The molecule has 0 spiro atoms. The second-order valence-electron chi connectivity index (χ2n) is 15.6. The lowest BCUT2D eigenvalue weighted by molar-refractivity contribution is 0.0509. The first-order chi connectivity index (χ1) is 30.4. The molecule has 0 aliphatic carbocycles. The Balaban J connectivity index is 1.56. The van der Waals surface area contributed by atoms with E-state index < -0.39 is 47.6 Å². The number of alkyl carbamates (subject to hydrolysis) is 1. The van der Waals surface area contributed by atoms with Crippen LogP contribution < -0.4 is 30.0 Å². The Kier molecular flexibility index (Phi) is 14.5. The highest BCUT2D eigenvalue weighted by molar-refractivity contribution is 7.92. The number of tetrazole rings is 1. The number of hydrogen-bond donors (Lipinski definition) is 3. The SMILES string of the molecule is COc1ccc(CN(Cc2ccc(OC)cc2)S(=O)(=O)c2c(S(=O)(=O)NC[C@@H](C)NC(=O)OC(C)(C)C)ccc(-c3ccc(N)nc3)c2-c2nnn(Cc3ccc(OC)cc3)n2)cc1. The van der Waals surface area contributed by atoms with Gasteiger partial charge in [0.05, 0.1) is 33.4 Å². The van der Waals surface area contributed by atoms with Crippen molar-refractivity contribution in [1.82, 2.24) is 39.5 Å². The normalized spacial score (nSPS) is 12.4. The Hall–Kier alpha value is -6.61. The van der Waals surface area contributed by atoms with Crippen LogP contribution >= 0.6 is 0 Å². The average molecular weight is 914 g/mol. The molecule has 0 bridgehead atoms. The van der Waals surface area contributed by atoms with E-state index in [9.17, 15) is 13.2 Å². The zero-order valence-electron chi connectivity index (χ0n) is 36.5. The summed E-state index contributed by atoms with van der Waals surface area (Å²) >= 11 is 0. The molecule has 4 aromatic carbocycles. The van der Waals surface area contributed by atoms with Crippen molar-refractivity contribution in [3.05, 3.63) is 120 Å². The number of nitrogens with two attached hydrogens (primary N) is 1. The Morgan fingerprint density at radius 3 is 1.83 bits per heavy atom. The number of pyridine rings is 1. The highest BCUT2D eigenvalue weighted by Crippen LogP contribution is 2.41. The zero-order chi connectivity index (χ0) is 46.2. The van der Waals surface area contributed by atoms with Crippen LogP contribution in [0.15, 0.2) is 113 Å². The molecule has 2 heterocycles. The fraction of sp³-hybridized carbons (Fsp3) is 0.295. The number of carbonyl (C=O) groups is 1. The molecule has 1 amide bonds. The fourth-order valence-electron chi connectivity index (χ4n) is 6.46. The molecule has 64 heavy (non-hydrogen) atoms. The second kappa shape index (κ2) is 19.8. The zero-order valence-corrected chi connectivity index (χ0v) is 38.1. The molecular weight excluding hydrogens is 863 g/mol. The first kappa shape index (κ1) is 46.9. The van der Waals surface area contributed by atoms with E-state index in [-0.39, 0.29) is 48.9 Å². The minimum Gasteiger partial charge on any atom is -0.497 e. The summed E-state index contributed by atoms with van der Waals surface area (Å²) in [5.41, 5.74) is 7.54. The van der Waals surface area contributed by atoms with Gasteiger partial charge in [-0.25, -0.2) is 31.3 Å². The monoisotopic (exact) mass is 913 g/mol. The van der Waals surface area contributed by atoms with Gasteiger partial charge in [0.25, 0.3) is 0 Å². The number of nitrogens with one attached hydrogen (secondary N) is 2. The molecule has 1 atom stereocenters. The Labute approximate surface area is 372 Å². The number of carbonyl (C=O) groups excluding carboxylic acids is 1. The van der Waals surface area contributed by atoms with E-state index in [1.807, 2.05) is 12.1 Å². The largest absolute Gasteiger partial charge is 0.497 e. The number of amides is 1. The van der Waals surface area contributed by atoms with Crippen LogP contribution in [0.2, 0.25) is 0 Å². The maximum Gasteiger partial charge on any atom is 0.407 e. The van der Waals surface area contributed by atoms with Crippen molar-refractivity contribution >= 4 is 32.0 Å². The molecule has 6 aromatic rings. The minimum atomic E-state index is -4.91. The lowest BCUT2D eigenvalue weighted by Gasteiger charge is -2.26. The number of sulfonamides is 2. The van der Waals surface area contributed by atoms with Crippen molar-refractivity contribution in [2.75, 3.05) is 33.6 Å². The molecule has 0 saturated carbocycles. The number of nitrogens with zero attached hydrogens (tertiary/aromatic N) is 6. The molecule has 6 rings (SSSR count). The van der Waals surface area contributed by atoms with Crippen LogP contribution in [0.5, 0.6) is 17.2 Å². The first-order valence-corrected chi connectivity index (χ1v) is 22.9. The van der Waals surface area contributed by atoms with Gasteiger partial charge in [0.2, 0.25) is 25.9 Å². The minimum absolute atomic E-state index is 0.126. The number of benzene rings is 4. The van der Waals surface area contributed by atoms with Gasteiger partial charge in [-0.05, 0) is 110 Å². The van der Waals surface area contributed by atoms with Gasteiger partial charge in [-0.1, -0.05) is 42.5 Å². The molecule has 20 heteroatoms. The molecule has 0 saturated heterocycles. The van der Waals surface area contributed by atoms with Gasteiger partial charge in [0.15, 0.2) is 0 Å². The van der Waals surface area contributed by atoms with Crippen molar-refractivity contribution in [3.63, 3.8) is 0 Å². The number of anilines is 1. The Bertz CT molecular complexity index is 2710. The van der Waals surface area contributed by atoms with Crippen LogP contribution in [0.1, 0.15) is 44.4 Å². The van der Waals surface area contributed by atoms with Crippen LogP contribution in [0.4, 0.5) is 10.6 Å². The summed E-state index contributed by atoms with van der Waals surface area (Å²) in [6, 6.07) is 25.9. The lowest BCUT2D eigenvalue weighted by atomic mass is 10.0. The average Bonchev–Trinajstić information content (AvgIpc) is 3.73. The van der Waals surface area contributed by atoms with Crippen LogP contribution in [0.3, 0.4) is 0 Å². The molecule has 0 aliphatic heterocycles. The summed E-state index contributed by atoms with van der Waals surface area (Å²) in [4.78, 5) is 16.9. The maximum atomic E-state index is 15.8. The molecule has 4 N–H and O–H groups in total. The van der Waals surface area contributed by atoms with Gasteiger partial charge in [0, 0.05) is 37.4 Å². The highest BCUT2D eigenvalue weighted by Gasteiger charge is 2.38. The third-order valence-electron chi connectivity index (χ3n) is 9.64. The van der Waals surface area contributed by atoms with Crippen LogP contribution in [0, 0.1) is 0 Å². The van der Waals surface area contributed by atoms with Gasteiger partial charge in [-0.2, -0.15) is 9.10 Å². The molecule has 0 radical (unpaired) electrons. The summed E-state index contributed by atoms with van der Waals surface area (Å²) in [5.74, 6) is 1.76. The van der Waals surface area contributed by atoms with Crippen molar-refractivity contribution in [1.29, 1.82) is 0 Å². The standard InChI is InChI=1S/C44H51N9O9S2/c1-29(48-43(54)62-44(2,3)4)24-47-63(55,56)38-22-21-37(33-14-23-39(45)46-25-33)40(42-49-51-53(50-42)28-32-12-19-36(61-7)20-13-32)41(38)64(57,58)52(26-30-8-15-34(59-5)16-9-30)27-31-10-17-35(60-6)18-11-31/h8-23,25,29,47H,24,26-28H2,1-7H3,(H2,45,46)(H,48,54)/t29-/m1/s1.